The van der Waals surface area contributed by atoms with Gasteiger partial charge in [0.1, 0.15) is 11.3 Å². The van der Waals surface area contributed by atoms with Crippen molar-refractivity contribution in [3.63, 3.8) is 0 Å². The Labute approximate surface area is 149 Å². The number of hydrogen-bond donors (Lipinski definition) is 1. The van der Waals surface area contributed by atoms with Crippen molar-refractivity contribution in [1.82, 2.24) is 5.43 Å². The predicted octanol–water partition coefficient (Wildman–Crippen LogP) is 2.99. The van der Waals surface area contributed by atoms with Crippen molar-refractivity contribution < 1.29 is 13.9 Å². The molecule has 6 heteroatoms. The van der Waals surface area contributed by atoms with E-state index in [1.807, 2.05) is 36.4 Å². The zero-order chi connectivity index (χ0) is 18.2. The molecule has 6 nitrogen and oxygen atoms in total. The van der Waals surface area contributed by atoms with Crippen LogP contribution in [0.5, 0.6) is 5.75 Å². The Balaban J connectivity index is 1.54. The quantitative estimate of drug-likeness (QED) is 0.422. The fraction of sp³-hybridized carbons (Fsp3) is 0.0500. The van der Waals surface area contributed by atoms with Gasteiger partial charge in [0.05, 0.1) is 11.5 Å². The van der Waals surface area contributed by atoms with E-state index >= 15 is 0 Å². The molecule has 0 saturated carbocycles. The van der Waals surface area contributed by atoms with Gasteiger partial charge in [0.2, 0.25) is 0 Å². The van der Waals surface area contributed by atoms with Crippen LogP contribution in [-0.2, 0) is 4.79 Å². The molecule has 1 heterocycles. The molecule has 0 aliphatic carbocycles. The first-order chi connectivity index (χ1) is 12.7. The molecule has 0 aliphatic heterocycles. The number of nitrogens with zero attached hydrogens (tertiary/aromatic N) is 1. The summed E-state index contributed by atoms with van der Waals surface area (Å²) >= 11 is 0. The fourth-order valence-electron chi connectivity index (χ4n) is 2.25. The highest BCUT2D eigenvalue weighted by molar-refractivity contribution is 5.84. The maximum atomic E-state index is 11.8. The molecule has 0 unspecified atom stereocenters. The normalized spacial score (nSPS) is 11.2. The molecule has 0 saturated heterocycles. The number of carbonyl (C=O) groups is 1. The van der Waals surface area contributed by atoms with Crippen molar-refractivity contribution in [2.24, 2.45) is 5.10 Å². The lowest BCUT2D eigenvalue weighted by molar-refractivity contribution is -0.123. The molecule has 0 fully saturated rings. The molecule has 26 heavy (non-hydrogen) atoms. The monoisotopic (exact) mass is 348 g/mol. The number of para-hydroxylation sites is 1. The van der Waals surface area contributed by atoms with Crippen LogP contribution in [0.4, 0.5) is 0 Å². The topological polar surface area (TPSA) is 80.9 Å². The third-order valence-corrected chi connectivity index (χ3v) is 3.41. The lowest BCUT2D eigenvalue weighted by Crippen LogP contribution is -2.24. The molecule has 0 bridgehead atoms. The van der Waals surface area contributed by atoms with Crippen LogP contribution in [0.3, 0.4) is 0 Å². The second-order valence-corrected chi connectivity index (χ2v) is 5.30. The van der Waals surface area contributed by atoms with E-state index < -0.39 is 11.5 Å². The van der Waals surface area contributed by atoms with Gasteiger partial charge >= 0.3 is 5.63 Å². The Kier molecular flexibility index (Phi) is 5.57. The summed E-state index contributed by atoms with van der Waals surface area (Å²) in [5.74, 6) is -0.147. The molecule has 3 rings (SSSR count). The molecule has 3 aromatic rings. The Bertz CT molecular complexity index is 1010. The third-order valence-electron chi connectivity index (χ3n) is 3.41. The number of nitrogens with one attached hydrogen (secondary N) is 1. The maximum Gasteiger partial charge on any atom is 0.339 e. The summed E-state index contributed by atoms with van der Waals surface area (Å²) in [6.07, 6.45) is 5.05. The molecule has 0 radical (unpaired) electrons. The Morgan fingerprint density at radius 2 is 1.88 bits per heavy atom. The highest BCUT2D eigenvalue weighted by Crippen LogP contribution is 2.22. The zero-order valence-corrected chi connectivity index (χ0v) is 13.8. The van der Waals surface area contributed by atoms with Gasteiger partial charge in [-0.25, -0.2) is 10.2 Å². The highest BCUT2D eigenvalue weighted by atomic mass is 16.5. The van der Waals surface area contributed by atoms with Crippen LogP contribution in [-0.4, -0.2) is 18.7 Å². The number of carbonyl (C=O) groups excluding carboxylic acids is 1. The summed E-state index contributed by atoms with van der Waals surface area (Å²) < 4.78 is 10.5. The SMILES string of the molecule is O=C(COc1cc(=O)oc2ccccc12)NN=CC=Cc1ccccc1. The Morgan fingerprint density at radius 3 is 2.73 bits per heavy atom. The van der Waals surface area contributed by atoms with Crippen molar-refractivity contribution in [3.8, 4) is 5.75 Å². The molecule has 0 spiro atoms. The molecular formula is C20H16N2O4. The minimum atomic E-state index is -0.539. The van der Waals surface area contributed by atoms with Crippen LogP contribution in [0.25, 0.3) is 17.0 Å². The van der Waals surface area contributed by atoms with E-state index in [9.17, 15) is 9.59 Å². The summed E-state index contributed by atoms with van der Waals surface area (Å²) in [5, 5.41) is 4.43. The van der Waals surface area contributed by atoms with Crippen LogP contribution in [0.1, 0.15) is 5.56 Å². The Hall–Kier alpha value is -3.67. The zero-order valence-electron chi connectivity index (χ0n) is 13.8. The van der Waals surface area contributed by atoms with E-state index in [0.29, 0.717) is 16.7 Å². The van der Waals surface area contributed by atoms with Crippen LogP contribution >= 0.6 is 0 Å². The van der Waals surface area contributed by atoms with Gasteiger partial charge in [0, 0.05) is 6.21 Å². The van der Waals surface area contributed by atoms with Crippen molar-refractivity contribution in [3.05, 3.63) is 82.7 Å². The van der Waals surface area contributed by atoms with E-state index in [0.717, 1.165) is 5.56 Å². The average Bonchev–Trinajstić information content (AvgIpc) is 2.66. The fourth-order valence-corrected chi connectivity index (χ4v) is 2.25. The number of hydrogen-bond acceptors (Lipinski definition) is 5. The van der Waals surface area contributed by atoms with E-state index in [1.165, 1.54) is 12.3 Å². The van der Waals surface area contributed by atoms with Crippen LogP contribution < -0.4 is 15.8 Å². The number of rotatable bonds is 6. The minimum absolute atomic E-state index is 0.271. The second-order valence-electron chi connectivity index (χ2n) is 5.30. The molecule has 1 amide bonds. The standard InChI is InChI=1S/C20H16N2O4/c23-19(22-21-12-6-9-15-7-2-1-3-8-15)14-25-18-13-20(24)26-17-11-5-4-10-16(17)18/h1-13H,14H2,(H,22,23). The number of hydrazone groups is 1. The summed E-state index contributed by atoms with van der Waals surface area (Å²) in [6, 6.07) is 17.9. The number of ether oxygens (including phenoxy) is 1. The Morgan fingerprint density at radius 1 is 1.12 bits per heavy atom. The molecule has 1 aromatic heterocycles. The smallest absolute Gasteiger partial charge is 0.339 e. The maximum absolute atomic E-state index is 11.8. The van der Waals surface area contributed by atoms with E-state index in [-0.39, 0.29) is 6.61 Å². The van der Waals surface area contributed by atoms with Gasteiger partial charge in [0.25, 0.3) is 5.91 Å². The molecule has 1 N–H and O–H groups in total. The summed E-state index contributed by atoms with van der Waals surface area (Å²) in [5.41, 5.74) is 3.25. The highest BCUT2D eigenvalue weighted by Gasteiger charge is 2.08. The minimum Gasteiger partial charge on any atom is -0.483 e. The molecule has 130 valence electrons. The first kappa shape index (κ1) is 17.2. The van der Waals surface area contributed by atoms with Gasteiger partial charge < -0.3 is 9.15 Å². The summed E-state index contributed by atoms with van der Waals surface area (Å²) in [6.45, 7) is -0.271. The van der Waals surface area contributed by atoms with Gasteiger partial charge in [-0.3, -0.25) is 4.79 Å². The lowest BCUT2D eigenvalue weighted by Gasteiger charge is -2.07. The first-order valence-electron chi connectivity index (χ1n) is 7.92. The molecule has 2 aromatic carbocycles. The summed E-state index contributed by atoms with van der Waals surface area (Å²) in [7, 11) is 0. The largest absolute Gasteiger partial charge is 0.483 e. The van der Waals surface area contributed by atoms with Gasteiger partial charge in [-0.1, -0.05) is 48.5 Å². The summed E-state index contributed by atoms with van der Waals surface area (Å²) in [4.78, 5) is 23.3. The van der Waals surface area contributed by atoms with E-state index in [2.05, 4.69) is 10.5 Å². The molecule has 0 aliphatic rings. The second kappa shape index (κ2) is 8.43. The third kappa shape index (κ3) is 4.67. The average molecular weight is 348 g/mol. The lowest BCUT2D eigenvalue weighted by atomic mass is 10.2. The van der Waals surface area contributed by atoms with E-state index in [1.54, 1.807) is 30.3 Å². The van der Waals surface area contributed by atoms with Crippen LogP contribution in [0.15, 0.2) is 81.1 Å². The van der Waals surface area contributed by atoms with Crippen molar-refractivity contribution in [1.29, 1.82) is 0 Å². The van der Waals surface area contributed by atoms with Gasteiger partial charge in [-0.05, 0) is 23.8 Å². The van der Waals surface area contributed by atoms with Gasteiger partial charge in [-0.15, -0.1) is 0 Å². The number of amides is 1. The van der Waals surface area contributed by atoms with Gasteiger partial charge in [0.15, 0.2) is 6.61 Å². The number of allylic oxidation sites excluding steroid dienone is 1. The van der Waals surface area contributed by atoms with Crippen molar-refractivity contribution in [2.45, 2.75) is 0 Å². The van der Waals surface area contributed by atoms with Gasteiger partial charge in [-0.2, -0.15) is 5.10 Å². The number of benzene rings is 2. The van der Waals surface area contributed by atoms with Crippen LogP contribution in [0.2, 0.25) is 0 Å². The van der Waals surface area contributed by atoms with Crippen molar-refractivity contribution >= 4 is 29.2 Å². The van der Waals surface area contributed by atoms with Crippen molar-refractivity contribution in [2.75, 3.05) is 6.61 Å². The number of fused-ring (bicyclic) bond motifs is 1. The van der Waals surface area contributed by atoms with Crippen LogP contribution in [0, 0.1) is 0 Å². The molecular weight excluding hydrogens is 332 g/mol. The van der Waals surface area contributed by atoms with E-state index in [4.69, 9.17) is 9.15 Å². The predicted molar refractivity (Wildman–Crippen MR) is 100 cm³/mol. The first-order valence-corrected chi connectivity index (χ1v) is 7.92. The molecule has 0 atom stereocenters.